The standard InChI is InChI=1S/C17H12BrN5O/c18-16-7-13(9-22-23-11-20-21-12-23)5-6-17(16)24-10-15-4-2-1-3-14(15)8-19/h1-7,9,11-12H,10H2/b22-9-. The van der Waals surface area contributed by atoms with Gasteiger partial charge in [-0.2, -0.15) is 10.4 Å². The molecule has 0 unspecified atom stereocenters. The molecule has 3 aromatic rings. The number of rotatable bonds is 5. The zero-order valence-corrected chi connectivity index (χ0v) is 14.1. The number of ether oxygens (including phenoxy) is 1. The van der Waals surface area contributed by atoms with Gasteiger partial charge < -0.3 is 4.74 Å². The van der Waals surface area contributed by atoms with Crippen LogP contribution < -0.4 is 4.74 Å². The predicted octanol–water partition coefficient (Wildman–Crippen LogP) is 3.37. The Morgan fingerprint density at radius 3 is 2.75 bits per heavy atom. The molecule has 0 spiro atoms. The van der Waals surface area contributed by atoms with Gasteiger partial charge in [0, 0.05) is 5.56 Å². The third-order valence-electron chi connectivity index (χ3n) is 3.22. The van der Waals surface area contributed by atoms with Crippen LogP contribution in [0.3, 0.4) is 0 Å². The van der Waals surface area contributed by atoms with Crippen LogP contribution in [0.25, 0.3) is 0 Å². The summed E-state index contributed by atoms with van der Waals surface area (Å²) in [6, 6.07) is 15.2. The summed E-state index contributed by atoms with van der Waals surface area (Å²) in [4.78, 5) is 0. The van der Waals surface area contributed by atoms with E-state index in [1.807, 2.05) is 36.4 Å². The van der Waals surface area contributed by atoms with Gasteiger partial charge in [0.2, 0.25) is 0 Å². The first kappa shape index (κ1) is 15.9. The van der Waals surface area contributed by atoms with Crippen LogP contribution in [0.1, 0.15) is 16.7 Å². The van der Waals surface area contributed by atoms with Crippen LogP contribution in [-0.4, -0.2) is 21.1 Å². The van der Waals surface area contributed by atoms with E-state index in [1.165, 1.54) is 17.3 Å². The molecule has 0 aliphatic rings. The maximum absolute atomic E-state index is 9.10. The topological polar surface area (TPSA) is 76.1 Å². The smallest absolute Gasteiger partial charge is 0.141 e. The van der Waals surface area contributed by atoms with Crippen LogP contribution in [0, 0.1) is 11.3 Å². The summed E-state index contributed by atoms with van der Waals surface area (Å²) in [5.41, 5.74) is 2.37. The third kappa shape index (κ3) is 3.86. The molecule has 0 aliphatic heterocycles. The minimum Gasteiger partial charge on any atom is -0.488 e. The number of aromatic nitrogens is 3. The average molecular weight is 382 g/mol. The number of nitrogens with zero attached hydrogens (tertiary/aromatic N) is 5. The monoisotopic (exact) mass is 381 g/mol. The van der Waals surface area contributed by atoms with Crippen molar-refractivity contribution in [3.8, 4) is 11.8 Å². The molecule has 7 heteroatoms. The summed E-state index contributed by atoms with van der Waals surface area (Å²) in [5, 5.41) is 20.7. The van der Waals surface area contributed by atoms with Gasteiger partial charge in [0.25, 0.3) is 0 Å². The SMILES string of the molecule is N#Cc1ccccc1COc1ccc(/C=N\n2cnnc2)cc1Br. The first-order valence-electron chi connectivity index (χ1n) is 7.05. The largest absolute Gasteiger partial charge is 0.488 e. The Labute approximate surface area is 147 Å². The zero-order valence-electron chi connectivity index (χ0n) is 12.5. The van der Waals surface area contributed by atoms with Crippen molar-refractivity contribution in [1.82, 2.24) is 14.9 Å². The maximum atomic E-state index is 9.10. The number of hydrogen-bond acceptors (Lipinski definition) is 5. The van der Waals surface area contributed by atoms with Gasteiger partial charge in [0.15, 0.2) is 0 Å². The Balaban J connectivity index is 1.70. The first-order chi connectivity index (χ1) is 11.8. The lowest BCUT2D eigenvalue weighted by Gasteiger charge is -2.09. The highest BCUT2D eigenvalue weighted by Crippen LogP contribution is 2.26. The fourth-order valence-corrected chi connectivity index (χ4v) is 2.52. The van der Waals surface area contributed by atoms with E-state index in [1.54, 1.807) is 12.3 Å². The lowest BCUT2D eigenvalue weighted by atomic mass is 10.1. The molecule has 0 amide bonds. The number of halogens is 1. The molecule has 24 heavy (non-hydrogen) atoms. The predicted molar refractivity (Wildman–Crippen MR) is 92.6 cm³/mol. The second-order valence-electron chi connectivity index (χ2n) is 4.83. The van der Waals surface area contributed by atoms with Crippen molar-refractivity contribution in [3.63, 3.8) is 0 Å². The van der Waals surface area contributed by atoms with Gasteiger partial charge in [-0.15, -0.1) is 10.2 Å². The summed E-state index contributed by atoms with van der Waals surface area (Å²) in [6.07, 6.45) is 4.72. The van der Waals surface area contributed by atoms with Crippen molar-refractivity contribution < 1.29 is 4.74 Å². The van der Waals surface area contributed by atoms with E-state index in [0.717, 1.165) is 15.6 Å². The molecule has 0 radical (unpaired) electrons. The second kappa shape index (κ2) is 7.53. The van der Waals surface area contributed by atoms with Crippen LogP contribution in [-0.2, 0) is 6.61 Å². The molecule has 0 N–H and O–H groups in total. The molecule has 0 fully saturated rings. The summed E-state index contributed by atoms with van der Waals surface area (Å²) in [6.45, 7) is 0.330. The Hall–Kier alpha value is -2.98. The van der Waals surface area contributed by atoms with Crippen LogP contribution in [0.5, 0.6) is 5.75 Å². The van der Waals surface area contributed by atoms with Crippen LogP contribution in [0.15, 0.2) is 64.7 Å². The summed E-state index contributed by atoms with van der Waals surface area (Å²) < 4.78 is 8.12. The van der Waals surface area contributed by atoms with Crippen LogP contribution >= 0.6 is 15.9 Å². The average Bonchev–Trinajstić information content (AvgIpc) is 3.13. The van der Waals surface area contributed by atoms with E-state index < -0.39 is 0 Å². The summed E-state index contributed by atoms with van der Waals surface area (Å²) in [7, 11) is 0. The fourth-order valence-electron chi connectivity index (χ4n) is 2.01. The second-order valence-corrected chi connectivity index (χ2v) is 5.69. The zero-order chi connectivity index (χ0) is 16.8. The van der Waals surface area contributed by atoms with E-state index in [-0.39, 0.29) is 0 Å². The van der Waals surface area contributed by atoms with Crippen LogP contribution in [0.4, 0.5) is 0 Å². The molecular formula is C17H12BrN5O. The molecule has 0 saturated carbocycles. The first-order valence-corrected chi connectivity index (χ1v) is 7.85. The van der Waals surface area contributed by atoms with Gasteiger partial charge >= 0.3 is 0 Å². The van der Waals surface area contributed by atoms with E-state index in [9.17, 15) is 0 Å². The van der Waals surface area contributed by atoms with E-state index in [0.29, 0.717) is 17.9 Å². The van der Waals surface area contributed by atoms with Gasteiger partial charge in [-0.1, -0.05) is 18.2 Å². The molecule has 2 aromatic carbocycles. The Kier molecular flexibility index (Phi) is 4.99. The minimum absolute atomic E-state index is 0.330. The van der Waals surface area contributed by atoms with Gasteiger partial charge in [-0.25, -0.2) is 4.68 Å². The van der Waals surface area contributed by atoms with Crippen molar-refractivity contribution in [1.29, 1.82) is 5.26 Å². The molecule has 0 atom stereocenters. The van der Waals surface area contributed by atoms with Crippen molar-refractivity contribution >= 4 is 22.1 Å². The number of nitriles is 1. The highest BCUT2D eigenvalue weighted by Gasteiger charge is 2.05. The summed E-state index contributed by atoms with van der Waals surface area (Å²) >= 11 is 3.49. The lowest BCUT2D eigenvalue weighted by molar-refractivity contribution is 0.304. The highest BCUT2D eigenvalue weighted by atomic mass is 79.9. The molecule has 0 aliphatic carbocycles. The quantitative estimate of drug-likeness (QED) is 0.634. The lowest BCUT2D eigenvalue weighted by Crippen LogP contribution is -1.99. The molecule has 118 valence electrons. The van der Waals surface area contributed by atoms with Crippen molar-refractivity contribution in [3.05, 3.63) is 76.3 Å². The number of hydrogen-bond donors (Lipinski definition) is 0. The maximum Gasteiger partial charge on any atom is 0.141 e. The molecule has 0 saturated heterocycles. The van der Waals surface area contributed by atoms with E-state index in [4.69, 9.17) is 10.00 Å². The van der Waals surface area contributed by atoms with E-state index in [2.05, 4.69) is 37.3 Å². The Morgan fingerprint density at radius 1 is 1.21 bits per heavy atom. The highest BCUT2D eigenvalue weighted by molar-refractivity contribution is 9.10. The minimum atomic E-state index is 0.330. The van der Waals surface area contributed by atoms with Gasteiger partial charge in [-0.3, -0.25) is 0 Å². The molecule has 6 nitrogen and oxygen atoms in total. The van der Waals surface area contributed by atoms with Gasteiger partial charge in [0.05, 0.1) is 22.3 Å². The van der Waals surface area contributed by atoms with Gasteiger partial charge in [0.1, 0.15) is 25.0 Å². The molecule has 1 heterocycles. The van der Waals surface area contributed by atoms with Crippen LogP contribution in [0.2, 0.25) is 0 Å². The van der Waals surface area contributed by atoms with Crippen molar-refractivity contribution in [2.24, 2.45) is 5.10 Å². The molecule has 0 bridgehead atoms. The third-order valence-corrected chi connectivity index (χ3v) is 3.84. The van der Waals surface area contributed by atoms with E-state index >= 15 is 0 Å². The Morgan fingerprint density at radius 2 is 2.00 bits per heavy atom. The van der Waals surface area contributed by atoms with Crippen molar-refractivity contribution in [2.45, 2.75) is 6.61 Å². The van der Waals surface area contributed by atoms with Gasteiger partial charge in [-0.05, 0) is 45.8 Å². The number of benzene rings is 2. The molecule has 1 aromatic heterocycles. The molecular weight excluding hydrogens is 370 g/mol. The Bertz CT molecular complexity index is 900. The normalized spacial score (nSPS) is 10.7. The summed E-state index contributed by atoms with van der Waals surface area (Å²) in [5.74, 6) is 0.698. The fraction of sp³-hybridized carbons (Fsp3) is 0.0588. The molecule has 3 rings (SSSR count). The van der Waals surface area contributed by atoms with Crippen molar-refractivity contribution in [2.75, 3.05) is 0 Å².